The second kappa shape index (κ2) is 9.93. The molecular weight excluding hydrogens is 418 g/mol. The summed E-state index contributed by atoms with van der Waals surface area (Å²) in [6.45, 7) is 1.93. The zero-order valence-electron chi connectivity index (χ0n) is 17.3. The lowest BCUT2D eigenvalue weighted by Crippen LogP contribution is -2.27. The van der Waals surface area contributed by atoms with Gasteiger partial charge in [-0.05, 0) is 42.0 Å². The Morgan fingerprint density at radius 1 is 1.35 bits per heavy atom. The minimum atomic E-state index is -0.144. The number of nitrogens with zero attached hydrogens (tertiary/aromatic N) is 2. The third kappa shape index (κ3) is 5.23. The maximum absolute atomic E-state index is 12.4. The summed E-state index contributed by atoms with van der Waals surface area (Å²) in [5, 5.41) is 5.30. The molecule has 9 heteroatoms. The van der Waals surface area contributed by atoms with Crippen LogP contribution in [0.15, 0.2) is 40.8 Å². The van der Waals surface area contributed by atoms with E-state index < -0.39 is 0 Å². The van der Waals surface area contributed by atoms with Gasteiger partial charge in [-0.25, -0.2) is 4.98 Å². The summed E-state index contributed by atoms with van der Waals surface area (Å²) in [6.07, 6.45) is 3.89. The normalized spacial score (nSPS) is 15.8. The van der Waals surface area contributed by atoms with Gasteiger partial charge in [-0.3, -0.25) is 14.2 Å². The molecule has 1 amide bonds. The summed E-state index contributed by atoms with van der Waals surface area (Å²) >= 11 is 1.42. The number of methoxy groups -OCH3 is 1. The van der Waals surface area contributed by atoms with E-state index in [0.29, 0.717) is 34.9 Å². The molecule has 1 atom stereocenters. The quantitative estimate of drug-likeness (QED) is 0.547. The fraction of sp³-hybridized carbons (Fsp3) is 0.409. The molecule has 3 heterocycles. The number of aryl methyl sites for hydroxylation is 1. The Morgan fingerprint density at radius 3 is 3.06 bits per heavy atom. The van der Waals surface area contributed by atoms with E-state index in [4.69, 9.17) is 14.2 Å². The van der Waals surface area contributed by atoms with Gasteiger partial charge in [-0.1, -0.05) is 6.07 Å². The average Bonchev–Trinajstić information content (AvgIpc) is 3.48. The third-order valence-electron chi connectivity index (χ3n) is 5.20. The molecule has 2 aromatic heterocycles. The molecule has 1 aromatic carbocycles. The Hall–Kier alpha value is -2.91. The van der Waals surface area contributed by atoms with Crippen LogP contribution in [-0.2, 0) is 22.6 Å². The van der Waals surface area contributed by atoms with Gasteiger partial charge in [0.2, 0.25) is 5.91 Å². The van der Waals surface area contributed by atoms with Crippen LogP contribution in [0.1, 0.15) is 24.8 Å². The summed E-state index contributed by atoms with van der Waals surface area (Å²) in [5.74, 6) is 1.13. The first-order valence-corrected chi connectivity index (χ1v) is 11.1. The zero-order chi connectivity index (χ0) is 21.6. The van der Waals surface area contributed by atoms with Gasteiger partial charge < -0.3 is 19.5 Å². The van der Waals surface area contributed by atoms with E-state index in [2.05, 4.69) is 10.3 Å². The number of hydrogen-bond donors (Lipinski definition) is 1. The zero-order valence-corrected chi connectivity index (χ0v) is 18.2. The van der Waals surface area contributed by atoms with E-state index >= 15 is 0 Å². The molecule has 1 saturated heterocycles. The number of amides is 1. The first-order chi connectivity index (χ1) is 15.1. The van der Waals surface area contributed by atoms with Gasteiger partial charge in [0.25, 0.3) is 5.56 Å². The van der Waals surface area contributed by atoms with Crippen LogP contribution in [0, 0.1) is 0 Å². The molecule has 1 aliphatic heterocycles. The van der Waals surface area contributed by atoms with Crippen LogP contribution in [0.3, 0.4) is 0 Å². The van der Waals surface area contributed by atoms with Gasteiger partial charge in [0, 0.05) is 26.1 Å². The van der Waals surface area contributed by atoms with Crippen LogP contribution < -0.4 is 20.3 Å². The number of nitrogens with one attached hydrogen (secondary N) is 1. The smallest absolute Gasteiger partial charge is 0.262 e. The van der Waals surface area contributed by atoms with Crippen molar-refractivity contribution in [1.82, 2.24) is 14.9 Å². The number of ether oxygens (including phenoxy) is 3. The highest BCUT2D eigenvalue weighted by Gasteiger charge is 2.17. The van der Waals surface area contributed by atoms with E-state index in [0.717, 1.165) is 25.0 Å². The summed E-state index contributed by atoms with van der Waals surface area (Å²) in [4.78, 5) is 29.6. The van der Waals surface area contributed by atoms with E-state index in [1.165, 1.54) is 22.2 Å². The molecule has 1 N–H and O–H groups in total. The molecule has 0 radical (unpaired) electrons. The van der Waals surface area contributed by atoms with Crippen LogP contribution in [0.4, 0.5) is 0 Å². The lowest BCUT2D eigenvalue weighted by molar-refractivity contribution is -0.121. The first kappa shape index (κ1) is 21.3. The minimum Gasteiger partial charge on any atom is -0.493 e. The number of aromatic nitrogens is 2. The molecule has 1 fully saturated rings. The highest BCUT2D eigenvalue weighted by molar-refractivity contribution is 7.16. The molecular formula is C22H25N3O5S. The highest BCUT2D eigenvalue weighted by atomic mass is 32.1. The number of carbonyl (C=O) groups excluding carboxylic acids is 1. The van der Waals surface area contributed by atoms with Crippen molar-refractivity contribution in [1.29, 1.82) is 0 Å². The largest absolute Gasteiger partial charge is 0.493 e. The number of hydrogen-bond acceptors (Lipinski definition) is 7. The van der Waals surface area contributed by atoms with Crippen molar-refractivity contribution in [2.75, 3.05) is 20.3 Å². The van der Waals surface area contributed by atoms with Crippen LogP contribution in [-0.4, -0.2) is 41.9 Å². The second-order valence-electron chi connectivity index (χ2n) is 7.34. The van der Waals surface area contributed by atoms with Gasteiger partial charge in [0.05, 0.1) is 24.9 Å². The Morgan fingerprint density at radius 2 is 2.26 bits per heavy atom. The SMILES string of the molecule is COc1cc(CNC(=O)CCn2cnc3sccc3c2=O)ccc1OCC1CCCO1. The Bertz CT molecular complexity index is 1100. The average molecular weight is 444 g/mol. The molecule has 4 rings (SSSR count). The van der Waals surface area contributed by atoms with E-state index in [9.17, 15) is 9.59 Å². The lowest BCUT2D eigenvalue weighted by Gasteiger charge is -2.15. The van der Waals surface area contributed by atoms with E-state index in [1.54, 1.807) is 13.2 Å². The highest BCUT2D eigenvalue weighted by Crippen LogP contribution is 2.29. The monoisotopic (exact) mass is 443 g/mol. The molecule has 0 saturated carbocycles. The van der Waals surface area contributed by atoms with Gasteiger partial charge >= 0.3 is 0 Å². The summed E-state index contributed by atoms with van der Waals surface area (Å²) in [7, 11) is 1.59. The fourth-order valence-corrected chi connectivity index (χ4v) is 4.19. The molecule has 0 bridgehead atoms. The van der Waals surface area contributed by atoms with Gasteiger partial charge in [0.1, 0.15) is 11.4 Å². The number of carbonyl (C=O) groups is 1. The third-order valence-corrected chi connectivity index (χ3v) is 6.02. The molecule has 31 heavy (non-hydrogen) atoms. The number of benzene rings is 1. The van der Waals surface area contributed by atoms with Crippen molar-refractivity contribution in [3.8, 4) is 11.5 Å². The van der Waals surface area contributed by atoms with E-state index in [1.807, 2.05) is 23.6 Å². The van der Waals surface area contributed by atoms with Crippen LogP contribution in [0.25, 0.3) is 10.2 Å². The van der Waals surface area contributed by atoms with Crippen molar-refractivity contribution in [2.24, 2.45) is 0 Å². The summed E-state index contributed by atoms with van der Waals surface area (Å²) < 4.78 is 18.3. The van der Waals surface area contributed by atoms with Crippen molar-refractivity contribution >= 4 is 27.5 Å². The number of rotatable bonds is 9. The van der Waals surface area contributed by atoms with Crippen LogP contribution in [0.2, 0.25) is 0 Å². The van der Waals surface area contributed by atoms with Crippen molar-refractivity contribution in [3.63, 3.8) is 0 Å². The lowest BCUT2D eigenvalue weighted by atomic mass is 10.2. The standard InChI is InChI=1S/C22H25N3O5S/c1-28-19-11-15(4-5-18(19)30-13-16-3-2-9-29-16)12-23-20(26)6-8-25-14-24-21-17(22(25)27)7-10-31-21/h4-5,7,10-11,14,16H,2-3,6,8-9,12-13H2,1H3,(H,23,26). The maximum atomic E-state index is 12.4. The minimum absolute atomic E-state index is 0.123. The van der Waals surface area contributed by atoms with Gasteiger partial charge in [-0.15, -0.1) is 11.3 Å². The summed E-state index contributed by atoms with van der Waals surface area (Å²) in [5.41, 5.74) is 0.774. The van der Waals surface area contributed by atoms with Gasteiger partial charge in [0.15, 0.2) is 11.5 Å². The molecule has 3 aromatic rings. The van der Waals surface area contributed by atoms with E-state index in [-0.39, 0.29) is 30.5 Å². The number of thiophene rings is 1. The van der Waals surface area contributed by atoms with Crippen molar-refractivity contribution in [2.45, 2.75) is 38.5 Å². The van der Waals surface area contributed by atoms with Crippen molar-refractivity contribution in [3.05, 3.63) is 51.9 Å². The molecule has 8 nitrogen and oxygen atoms in total. The Labute approximate surface area is 183 Å². The first-order valence-electron chi connectivity index (χ1n) is 10.2. The predicted octanol–water partition coefficient (Wildman–Crippen LogP) is 2.73. The predicted molar refractivity (Wildman–Crippen MR) is 118 cm³/mol. The summed E-state index contributed by atoms with van der Waals surface area (Å²) in [6, 6.07) is 7.35. The van der Waals surface area contributed by atoms with Crippen LogP contribution >= 0.6 is 11.3 Å². The number of fused-ring (bicyclic) bond motifs is 1. The molecule has 1 aliphatic rings. The Kier molecular flexibility index (Phi) is 6.83. The molecule has 0 spiro atoms. The van der Waals surface area contributed by atoms with Crippen LogP contribution in [0.5, 0.6) is 11.5 Å². The fourth-order valence-electron chi connectivity index (χ4n) is 3.46. The molecule has 0 aliphatic carbocycles. The second-order valence-corrected chi connectivity index (χ2v) is 8.24. The topological polar surface area (TPSA) is 91.7 Å². The van der Waals surface area contributed by atoms with Gasteiger partial charge in [-0.2, -0.15) is 0 Å². The molecule has 1 unspecified atom stereocenters. The Balaban J connectivity index is 1.29. The van der Waals surface area contributed by atoms with Crippen molar-refractivity contribution < 1.29 is 19.0 Å². The molecule has 164 valence electrons. The maximum Gasteiger partial charge on any atom is 0.262 e.